The highest BCUT2D eigenvalue weighted by atomic mass is 35.5. The molecular formula is C16H15ClN2O3S. The molecule has 3 rings (SSSR count). The van der Waals surface area contributed by atoms with Crippen LogP contribution in [-0.2, 0) is 6.42 Å². The fraction of sp³-hybridized carbons (Fsp3) is 0.250. The van der Waals surface area contributed by atoms with E-state index in [1.54, 1.807) is 23.5 Å². The first-order valence-electron chi connectivity index (χ1n) is 7.17. The second-order valence-electron chi connectivity index (χ2n) is 4.98. The van der Waals surface area contributed by atoms with Crippen LogP contribution in [0.2, 0.25) is 5.02 Å². The molecule has 0 radical (unpaired) electrons. The lowest BCUT2D eigenvalue weighted by atomic mass is 10.2. The molecule has 2 heterocycles. The molecule has 7 heteroatoms. The Morgan fingerprint density at radius 1 is 1.39 bits per heavy atom. The van der Waals surface area contributed by atoms with E-state index in [1.165, 1.54) is 11.1 Å². The summed E-state index contributed by atoms with van der Waals surface area (Å²) >= 11 is 7.72. The first-order valence-corrected chi connectivity index (χ1v) is 8.43. The van der Waals surface area contributed by atoms with E-state index in [2.05, 4.69) is 17.5 Å². The van der Waals surface area contributed by atoms with Gasteiger partial charge in [-0.15, -0.1) is 11.3 Å². The Morgan fingerprint density at radius 2 is 2.17 bits per heavy atom. The van der Waals surface area contributed by atoms with Crippen molar-refractivity contribution in [2.24, 2.45) is 5.10 Å². The van der Waals surface area contributed by atoms with Crippen molar-refractivity contribution < 1.29 is 14.3 Å². The number of carbonyl (C=O) groups excluding carboxylic acids is 1. The van der Waals surface area contributed by atoms with Crippen LogP contribution in [0.1, 0.15) is 34.1 Å². The molecule has 1 aromatic heterocycles. The molecular weight excluding hydrogens is 336 g/mol. The van der Waals surface area contributed by atoms with Crippen molar-refractivity contribution in [3.05, 3.63) is 44.6 Å². The quantitative estimate of drug-likeness (QED) is 0.658. The molecule has 1 amide bonds. The number of halogens is 1. The number of rotatable bonds is 5. The van der Waals surface area contributed by atoms with Crippen LogP contribution in [-0.4, -0.2) is 18.9 Å². The van der Waals surface area contributed by atoms with Gasteiger partial charge in [0.2, 0.25) is 6.79 Å². The fourth-order valence-electron chi connectivity index (χ4n) is 2.13. The summed E-state index contributed by atoms with van der Waals surface area (Å²) in [4.78, 5) is 13.2. The number of nitrogens with zero attached hydrogens (tertiary/aromatic N) is 1. The lowest BCUT2D eigenvalue weighted by molar-refractivity contribution is 0.0955. The van der Waals surface area contributed by atoms with E-state index in [1.807, 2.05) is 11.4 Å². The van der Waals surface area contributed by atoms with Crippen molar-refractivity contribution in [3.8, 4) is 11.5 Å². The number of ether oxygens (including phenoxy) is 2. The van der Waals surface area contributed by atoms with Gasteiger partial charge < -0.3 is 9.47 Å². The molecule has 1 aliphatic heterocycles. The summed E-state index contributed by atoms with van der Waals surface area (Å²) < 4.78 is 10.5. The summed E-state index contributed by atoms with van der Waals surface area (Å²) in [6, 6.07) is 5.29. The van der Waals surface area contributed by atoms with Gasteiger partial charge in [-0.3, -0.25) is 4.79 Å². The van der Waals surface area contributed by atoms with Crippen molar-refractivity contribution in [2.75, 3.05) is 6.79 Å². The first kappa shape index (κ1) is 15.8. The molecule has 0 saturated carbocycles. The molecule has 0 spiro atoms. The number of thiophene rings is 1. The molecule has 0 saturated heterocycles. The van der Waals surface area contributed by atoms with E-state index in [-0.39, 0.29) is 12.7 Å². The smallest absolute Gasteiger partial charge is 0.272 e. The predicted molar refractivity (Wildman–Crippen MR) is 90.9 cm³/mol. The van der Waals surface area contributed by atoms with E-state index in [9.17, 15) is 4.79 Å². The average molecular weight is 351 g/mol. The molecule has 1 aliphatic rings. The highest BCUT2D eigenvalue weighted by Crippen LogP contribution is 2.36. The zero-order valence-electron chi connectivity index (χ0n) is 12.5. The topological polar surface area (TPSA) is 59.9 Å². The first-order chi connectivity index (χ1) is 11.2. The Kier molecular flexibility index (Phi) is 4.83. The Morgan fingerprint density at radius 3 is 2.96 bits per heavy atom. The van der Waals surface area contributed by atoms with Crippen molar-refractivity contribution in [1.29, 1.82) is 0 Å². The Balaban J connectivity index is 1.65. The van der Waals surface area contributed by atoms with Gasteiger partial charge in [0.25, 0.3) is 5.91 Å². The van der Waals surface area contributed by atoms with Gasteiger partial charge in [-0.05, 0) is 18.6 Å². The zero-order chi connectivity index (χ0) is 16.2. The summed E-state index contributed by atoms with van der Waals surface area (Å²) in [6.45, 7) is 2.29. The number of fused-ring (bicyclic) bond motifs is 1. The molecule has 120 valence electrons. The number of amides is 1. The third-order valence-corrected chi connectivity index (χ3v) is 4.60. The minimum atomic E-state index is -0.239. The SMILES string of the molecule is CCCc1cc(C(=O)N/N=C\c2cc3c(cc2Cl)OCO3)cs1. The molecule has 0 bridgehead atoms. The third-order valence-electron chi connectivity index (χ3n) is 3.27. The van der Waals surface area contributed by atoms with Gasteiger partial charge >= 0.3 is 0 Å². The van der Waals surface area contributed by atoms with Crippen LogP contribution >= 0.6 is 22.9 Å². The Hall–Kier alpha value is -2.05. The zero-order valence-corrected chi connectivity index (χ0v) is 14.0. The predicted octanol–water partition coefficient (Wildman–Crippen LogP) is 3.85. The number of hydrogen-bond donors (Lipinski definition) is 1. The summed E-state index contributed by atoms with van der Waals surface area (Å²) in [5.74, 6) is 0.985. The average Bonchev–Trinajstić information content (AvgIpc) is 3.16. The molecule has 2 aromatic rings. The monoisotopic (exact) mass is 350 g/mol. The number of hydrogen-bond acceptors (Lipinski definition) is 5. The lowest BCUT2D eigenvalue weighted by Crippen LogP contribution is -2.16. The van der Waals surface area contributed by atoms with Gasteiger partial charge in [0.1, 0.15) is 0 Å². The van der Waals surface area contributed by atoms with Crippen LogP contribution in [0.15, 0.2) is 28.7 Å². The van der Waals surface area contributed by atoms with E-state index in [0.29, 0.717) is 27.6 Å². The van der Waals surface area contributed by atoms with Crippen molar-refractivity contribution in [2.45, 2.75) is 19.8 Å². The van der Waals surface area contributed by atoms with Gasteiger partial charge in [-0.2, -0.15) is 5.10 Å². The number of benzene rings is 1. The highest BCUT2D eigenvalue weighted by molar-refractivity contribution is 7.10. The molecule has 0 fully saturated rings. The summed E-state index contributed by atoms with van der Waals surface area (Å²) in [5.41, 5.74) is 3.77. The van der Waals surface area contributed by atoms with Crippen molar-refractivity contribution in [1.82, 2.24) is 5.43 Å². The molecule has 1 aromatic carbocycles. The van der Waals surface area contributed by atoms with Gasteiger partial charge in [-0.25, -0.2) is 5.43 Å². The van der Waals surface area contributed by atoms with Crippen LogP contribution < -0.4 is 14.9 Å². The third kappa shape index (κ3) is 3.65. The molecule has 0 atom stereocenters. The maximum atomic E-state index is 12.0. The van der Waals surface area contributed by atoms with Crippen molar-refractivity contribution >= 4 is 35.1 Å². The minimum Gasteiger partial charge on any atom is -0.454 e. The number of carbonyl (C=O) groups is 1. The standard InChI is InChI=1S/C16H15ClN2O3S/c1-2-3-12-4-11(8-23-12)16(20)19-18-7-10-5-14-15(6-13(10)17)22-9-21-14/h4-8H,2-3,9H2,1H3,(H,19,20)/b18-7-. The van der Waals surface area contributed by atoms with Crippen LogP contribution in [0.5, 0.6) is 11.5 Å². The molecule has 0 unspecified atom stereocenters. The number of hydrazone groups is 1. The maximum Gasteiger partial charge on any atom is 0.272 e. The Labute approximate surface area is 142 Å². The summed E-state index contributed by atoms with van der Waals surface area (Å²) in [5, 5.41) is 6.28. The van der Waals surface area contributed by atoms with Crippen LogP contribution in [0.4, 0.5) is 0 Å². The highest BCUT2D eigenvalue weighted by Gasteiger charge is 2.15. The van der Waals surface area contributed by atoms with E-state index >= 15 is 0 Å². The molecule has 23 heavy (non-hydrogen) atoms. The van der Waals surface area contributed by atoms with Crippen LogP contribution in [0.25, 0.3) is 0 Å². The molecule has 1 N–H and O–H groups in total. The van der Waals surface area contributed by atoms with E-state index < -0.39 is 0 Å². The van der Waals surface area contributed by atoms with Gasteiger partial charge in [-0.1, -0.05) is 24.9 Å². The normalized spacial score (nSPS) is 12.8. The molecule has 5 nitrogen and oxygen atoms in total. The summed E-state index contributed by atoms with van der Waals surface area (Å²) in [6.07, 6.45) is 3.53. The summed E-state index contributed by atoms with van der Waals surface area (Å²) in [7, 11) is 0. The van der Waals surface area contributed by atoms with Crippen molar-refractivity contribution in [3.63, 3.8) is 0 Å². The van der Waals surface area contributed by atoms with Crippen LogP contribution in [0.3, 0.4) is 0 Å². The van der Waals surface area contributed by atoms with E-state index in [4.69, 9.17) is 21.1 Å². The largest absolute Gasteiger partial charge is 0.454 e. The lowest BCUT2D eigenvalue weighted by Gasteiger charge is -2.01. The minimum absolute atomic E-state index is 0.182. The second kappa shape index (κ2) is 7.02. The fourth-order valence-corrected chi connectivity index (χ4v) is 3.31. The Bertz CT molecular complexity index is 758. The van der Waals surface area contributed by atoms with Crippen LogP contribution in [0, 0.1) is 0 Å². The molecule has 0 aliphatic carbocycles. The van der Waals surface area contributed by atoms with Gasteiger partial charge in [0.15, 0.2) is 11.5 Å². The van der Waals surface area contributed by atoms with E-state index in [0.717, 1.165) is 12.8 Å². The maximum absolute atomic E-state index is 12.0. The van der Waals surface area contributed by atoms with Gasteiger partial charge in [0.05, 0.1) is 16.8 Å². The van der Waals surface area contributed by atoms with Gasteiger partial charge in [0, 0.05) is 21.9 Å². The number of nitrogens with one attached hydrogen (secondary N) is 1. The number of aryl methyl sites for hydroxylation is 1. The second-order valence-corrected chi connectivity index (χ2v) is 6.38.